The van der Waals surface area contributed by atoms with E-state index in [1.165, 1.54) is 5.56 Å². The normalized spacial score (nSPS) is 15.3. The molecule has 0 radical (unpaired) electrons. The molecule has 2 nitrogen and oxygen atoms in total. The zero-order valence-corrected chi connectivity index (χ0v) is 7.93. The van der Waals surface area contributed by atoms with Gasteiger partial charge in [-0.15, -0.1) is 0 Å². The van der Waals surface area contributed by atoms with Crippen molar-refractivity contribution in [2.75, 3.05) is 18.5 Å². The van der Waals surface area contributed by atoms with Crippen LogP contribution in [0.15, 0.2) is 16.7 Å². The van der Waals surface area contributed by atoms with E-state index >= 15 is 0 Å². The standard InChI is InChI=1S/C8H9BrN2/c1-11-5-4-6-2-3-7(9)10-8(6)11/h2-3H,4-5H2,1H3. The molecule has 0 fully saturated rings. The molecule has 0 amide bonds. The summed E-state index contributed by atoms with van der Waals surface area (Å²) in [5.74, 6) is 1.12. The number of pyridine rings is 1. The zero-order valence-electron chi connectivity index (χ0n) is 6.34. The Balaban J connectivity index is 2.52. The first-order chi connectivity index (χ1) is 5.27. The molecule has 58 valence electrons. The number of anilines is 1. The van der Waals surface area contributed by atoms with Crippen LogP contribution in [0.25, 0.3) is 0 Å². The summed E-state index contributed by atoms with van der Waals surface area (Å²) >= 11 is 3.35. The Morgan fingerprint density at radius 1 is 1.55 bits per heavy atom. The van der Waals surface area contributed by atoms with Crippen LogP contribution < -0.4 is 4.90 Å². The minimum absolute atomic E-state index is 0.921. The van der Waals surface area contributed by atoms with Crippen LogP contribution in [-0.4, -0.2) is 18.6 Å². The van der Waals surface area contributed by atoms with Crippen molar-refractivity contribution in [2.24, 2.45) is 0 Å². The third-order valence-electron chi connectivity index (χ3n) is 2.00. The van der Waals surface area contributed by atoms with Crippen LogP contribution in [0.2, 0.25) is 0 Å². The smallest absolute Gasteiger partial charge is 0.132 e. The second-order valence-corrected chi connectivity index (χ2v) is 3.60. The molecule has 0 aromatic carbocycles. The van der Waals surface area contributed by atoms with E-state index in [-0.39, 0.29) is 0 Å². The van der Waals surface area contributed by atoms with Gasteiger partial charge in [0.1, 0.15) is 10.4 Å². The van der Waals surface area contributed by atoms with Crippen LogP contribution in [0.1, 0.15) is 5.56 Å². The first kappa shape index (κ1) is 7.10. The number of halogens is 1. The predicted octanol–water partition coefficient (Wildman–Crippen LogP) is 1.84. The highest BCUT2D eigenvalue weighted by molar-refractivity contribution is 9.10. The van der Waals surface area contributed by atoms with Gasteiger partial charge in [-0.1, -0.05) is 6.07 Å². The van der Waals surface area contributed by atoms with E-state index in [9.17, 15) is 0 Å². The summed E-state index contributed by atoms with van der Waals surface area (Å²) in [5, 5.41) is 0. The van der Waals surface area contributed by atoms with Gasteiger partial charge in [0.15, 0.2) is 0 Å². The minimum atomic E-state index is 0.921. The van der Waals surface area contributed by atoms with Gasteiger partial charge in [-0.25, -0.2) is 4.98 Å². The molecule has 11 heavy (non-hydrogen) atoms. The lowest BCUT2D eigenvalue weighted by Gasteiger charge is -2.09. The van der Waals surface area contributed by atoms with E-state index in [1.807, 2.05) is 6.07 Å². The molecule has 0 aliphatic carbocycles. The number of nitrogens with zero attached hydrogens (tertiary/aromatic N) is 2. The molecule has 0 unspecified atom stereocenters. The van der Waals surface area contributed by atoms with Crippen LogP contribution in [0, 0.1) is 0 Å². The fourth-order valence-corrected chi connectivity index (χ4v) is 1.67. The zero-order chi connectivity index (χ0) is 7.84. The van der Waals surface area contributed by atoms with E-state index in [2.05, 4.69) is 38.9 Å². The van der Waals surface area contributed by atoms with Crippen molar-refractivity contribution < 1.29 is 0 Å². The topological polar surface area (TPSA) is 16.1 Å². The van der Waals surface area contributed by atoms with Gasteiger partial charge in [0.25, 0.3) is 0 Å². The van der Waals surface area contributed by atoms with Crippen LogP contribution in [0.5, 0.6) is 0 Å². The molecular formula is C8H9BrN2. The summed E-state index contributed by atoms with van der Waals surface area (Å²) in [6.45, 7) is 1.10. The number of hydrogen-bond donors (Lipinski definition) is 0. The summed E-state index contributed by atoms with van der Waals surface area (Å²) in [7, 11) is 2.07. The lowest BCUT2D eigenvalue weighted by Crippen LogP contribution is -2.13. The minimum Gasteiger partial charge on any atom is -0.359 e. The molecule has 2 rings (SSSR count). The van der Waals surface area contributed by atoms with Crippen LogP contribution in [0.4, 0.5) is 5.82 Å². The Morgan fingerprint density at radius 2 is 2.36 bits per heavy atom. The van der Waals surface area contributed by atoms with E-state index in [1.54, 1.807) is 0 Å². The monoisotopic (exact) mass is 212 g/mol. The van der Waals surface area contributed by atoms with Crippen molar-refractivity contribution in [1.82, 2.24) is 4.98 Å². The maximum absolute atomic E-state index is 4.38. The lowest BCUT2D eigenvalue weighted by atomic mass is 10.2. The molecule has 0 atom stereocenters. The molecule has 2 heterocycles. The second-order valence-electron chi connectivity index (χ2n) is 2.79. The van der Waals surface area contributed by atoms with Crippen LogP contribution in [0.3, 0.4) is 0 Å². The van der Waals surface area contributed by atoms with Crippen molar-refractivity contribution in [3.63, 3.8) is 0 Å². The van der Waals surface area contributed by atoms with Crippen molar-refractivity contribution in [3.8, 4) is 0 Å². The molecule has 0 N–H and O–H groups in total. The third kappa shape index (κ3) is 1.13. The Labute approximate surface area is 74.4 Å². The maximum atomic E-state index is 4.38. The number of fused-ring (bicyclic) bond motifs is 1. The summed E-state index contributed by atoms with van der Waals surface area (Å²) in [5.41, 5.74) is 1.36. The van der Waals surface area contributed by atoms with Crippen molar-refractivity contribution in [1.29, 1.82) is 0 Å². The fraction of sp³-hybridized carbons (Fsp3) is 0.375. The average Bonchev–Trinajstić information content (AvgIpc) is 2.33. The average molecular weight is 213 g/mol. The van der Waals surface area contributed by atoms with Gasteiger partial charge in [-0.3, -0.25) is 0 Å². The summed E-state index contributed by atoms with van der Waals surface area (Å²) in [4.78, 5) is 6.56. The van der Waals surface area contributed by atoms with E-state index < -0.39 is 0 Å². The molecular weight excluding hydrogens is 204 g/mol. The van der Waals surface area contributed by atoms with Crippen molar-refractivity contribution in [3.05, 3.63) is 22.3 Å². The Bertz CT molecular complexity index is 285. The van der Waals surface area contributed by atoms with Gasteiger partial charge in [0, 0.05) is 13.6 Å². The molecule has 1 aliphatic rings. The van der Waals surface area contributed by atoms with Gasteiger partial charge in [0.05, 0.1) is 0 Å². The molecule has 0 spiro atoms. The first-order valence-electron chi connectivity index (χ1n) is 3.64. The molecule has 0 saturated heterocycles. The quantitative estimate of drug-likeness (QED) is 0.611. The molecule has 1 aliphatic heterocycles. The molecule has 0 bridgehead atoms. The molecule has 1 aromatic rings. The number of likely N-dealkylation sites (N-methyl/N-ethyl adjacent to an activating group) is 1. The van der Waals surface area contributed by atoms with Gasteiger partial charge < -0.3 is 4.90 Å². The SMILES string of the molecule is CN1CCc2ccc(Br)nc21. The first-order valence-corrected chi connectivity index (χ1v) is 4.43. The van der Waals surface area contributed by atoms with Crippen molar-refractivity contribution >= 4 is 21.7 Å². The maximum Gasteiger partial charge on any atom is 0.132 e. The van der Waals surface area contributed by atoms with Gasteiger partial charge in [-0.2, -0.15) is 0 Å². The highest BCUT2D eigenvalue weighted by atomic mass is 79.9. The van der Waals surface area contributed by atoms with E-state index in [0.717, 1.165) is 23.4 Å². The second kappa shape index (κ2) is 2.48. The van der Waals surface area contributed by atoms with Crippen molar-refractivity contribution in [2.45, 2.75) is 6.42 Å². The van der Waals surface area contributed by atoms with E-state index in [0.29, 0.717) is 0 Å². The molecule has 3 heteroatoms. The highest BCUT2D eigenvalue weighted by Crippen LogP contribution is 2.25. The van der Waals surface area contributed by atoms with E-state index in [4.69, 9.17) is 0 Å². The van der Waals surface area contributed by atoms with Gasteiger partial charge in [-0.05, 0) is 34.0 Å². The molecule has 1 aromatic heterocycles. The Hall–Kier alpha value is -0.570. The van der Waals surface area contributed by atoms with Crippen LogP contribution in [-0.2, 0) is 6.42 Å². The third-order valence-corrected chi connectivity index (χ3v) is 2.44. The fourth-order valence-electron chi connectivity index (χ4n) is 1.37. The Morgan fingerprint density at radius 3 is 3.18 bits per heavy atom. The Kier molecular flexibility index (Phi) is 1.60. The molecule has 0 saturated carbocycles. The predicted molar refractivity (Wildman–Crippen MR) is 48.9 cm³/mol. The number of aromatic nitrogens is 1. The number of rotatable bonds is 0. The van der Waals surface area contributed by atoms with Crippen LogP contribution >= 0.6 is 15.9 Å². The number of hydrogen-bond acceptors (Lipinski definition) is 2. The van der Waals surface area contributed by atoms with Gasteiger partial charge >= 0.3 is 0 Å². The highest BCUT2D eigenvalue weighted by Gasteiger charge is 2.16. The summed E-state index contributed by atoms with van der Waals surface area (Å²) in [6.07, 6.45) is 1.13. The summed E-state index contributed by atoms with van der Waals surface area (Å²) in [6, 6.07) is 4.13. The van der Waals surface area contributed by atoms with Gasteiger partial charge in [0.2, 0.25) is 0 Å². The lowest BCUT2D eigenvalue weighted by molar-refractivity contribution is 0.944. The summed E-state index contributed by atoms with van der Waals surface area (Å²) < 4.78 is 0.921. The largest absolute Gasteiger partial charge is 0.359 e.